The average Bonchev–Trinajstić information content (AvgIpc) is 2.44. The maximum absolute atomic E-state index is 14.0. The summed E-state index contributed by atoms with van der Waals surface area (Å²) in [5, 5.41) is 3.14. The molecule has 3 rings (SSSR count). The highest BCUT2D eigenvalue weighted by Gasteiger charge is 2.42. The van der Waals surface area contributed by atoms with Crippen LogP contribution in [0.4, 0.5) is 10.3 Å². The van der Waals surface area contributed by atoms with Gasteiger partial charge in [-0.3, -0.25) is 9.78 Å². The van der Waals surface area contributed by atoms with Crippen molar-refractivity contribution in [3.05, 3.63) is 47.8 Å². The van der Waals surface area contributed by atoms with E-state index >= 15 is 0 Å². The van der Waals surface area contributed by atoms with E-state index < -0.39 is 11.4 Å². The summed E-state index contributed by atoms with van der Waals surface area (Å²) in [6, 6.07) is 2.95. The fourth-order valence-corrected chi connectivity index (χ4v) is 2.42. The third-order valence-electron chi connectivity index (χ3n) is 3.71. The summed E-state index contributed by atoms with van der Waals surface area (Å²) in [4.78, 5) is 23.2. The molecule has 2 heterocycles. The Kier molecular flexibility index (Phi) is 3.25. The molecule has 0 unspecified atom stereocenters. The Balaban J connectivity index is 1.88. The number of hydrogen-bond donors (Lipinski definition) is 2. The minimum atomic E-state index is -0.587. The van der Waals surface area contributed by atoms with Gasteiger partial charge in [-0.05, 0) is 31.4 Å². The van der Waals surface area contributed by atoms with Crippen LogP contribution in [-0.2, 0) is 5.54 Å². The Labute approximate surface area is 120 Å². The zero-order valence-electron chi connectivity index (χ0n) is 11.2. The van der Waals surface area contributed by atoms with Gasteiger partial charge in [0, 0.05) is 18.6 Å². The van der Waals surface area contributed by atoms with Gasteiger partial charge in [0.05, 0.1) is 11.1 Å². The molecule has 21 heavy (non-hydrogen) atoms. The molecule has 108 valence electrons. The highest BCUT2D eigenvalue weighted by Crippen LogP contribution is 2.43. The highest BCUT2D eigenvalue weighted by molar-refractivity contribution is 5.92. The number of carbonyl (C=O) groups is 1. The zero-order chi connectivity index (χ0) is 14.9. The number of nitrogens with zero attached hydrogens (tertiary/aromatic N) is 3. The first-order valence-electron chi connectivity index (χ1n) is 6.62. The minimum Gasteiger partial charge on any atom is -0.366 e. The van der Waals surface area contributed by atoms with Crippen molar-refractivity contribution in [1.82, 2.24) is 15.0 Å². The Morgan fingerprint density at radius 1 is 1.29 bits per heavy atom. The molecule has 2 aromatic rings. The van der Waals surface area contributed by atoms with Crippen LogP contribution in [0.15, 0.2) is 30.7 Å². The number of primary amides is 1. The van der Waals surface area contributed by atoms with E-state index in [9.17, 15) is 9.18 Å². The lowest BCUT2D eigenvalue weighted by molar-refractivity contribution is 0.0999. The van der Waals surface area contributed by atoms with E-state index in [-0.39, 0.29) is 11.4 Å². The summed E-state index contributed by atoms with van der Waals surface area (Å²) in [6.07, 6.45) is 6.74. The first kappa shape index (κ1) is 13.4. The Bertz CT molecular complexity index is 669. The van der Waals surface area contributed by atoms with E-state index in [1.54, 1.807) is 12.3 Å². The first-order valence-corrected chi connectivity index (χ1v) is 6.62. The van der Waals surface area contributed by atoms with E-state index in [1.807, 2.05) is 0 Å². The van der Waals surface area contributed by atoms with Gasteiger partial charge in [-0.1, -0.05) is 0 Å². The minimum absolute atomic E-state index is 0.229. The van der Waals surface area contributed by atoms with Crippen LogP contribution in [0.25, 0.3) is 0 Å². The van der Waals surface area contributed by atoms with Gasteiger partial charge in [0.2, 0.25) is 5.95 Å². The summed E-state index contributed by atoms with van der Waals surface area (Å²) in [7, 11) is 0. The number of rotatable bonds is 4. The molecule has 1 saturated carbocycles. The van der Waals surface area contributed by atoms with Gasteiger partial charge in [0.25, 0.3) is 5.91 Å². The van der Waals surface area contributed by atoms with Gasteiger partial charge in [-0.25, -0.2) is 14.4 Å². The number of carbonyl (C=O) groups excluding carboxylic acids is 1. The predicted octanol–water partition coefficient (Wildman–Crippen LogP) is 1.60. The lowest BCUT2D eigenvalue weighted by Gasteiger charge is -2.42. The monoisotopic (exact) mass is 287 g/mol. The van der Waals surface area contributed by atoms with Crippen molar-refractivity contribution in [3.63, 3.8) is 0 Å². The predicted molar refractivity (Wildman–Crippen MR) is 73.9 cm³/mol. The maximum atomic E-state index is 14.0. The van der Waals surface area contributed by atoms with E-state index in [1.165, 1.54) is 18.5 Å². The van der Waals surface area contributed by atoms with Crippen molar-refractivity contribution in [3.8, 4) is 0 Å². The Hall–Kier alpha value is -2.57. The van der Waals surface area contributed by atoms with Crippen molar-refractivity contribution in [2.24, 2.45) is 5.73 Å². The van der Waals surface area contributed by atoms with Crippen molar-refractivity contribution in [2.45, 2.75) is 24.8 Å². The second-order valence-electron chi connectivity index (χ2n) is 5.05. The SMILES string of the molecule is NC(=O)c1cnc(NC2(c3ncccc3F)CCC2)nc1. The van der Waals surface area contributed by atoms with Gasteiger partial charge in [0.1, 0.15) is 11.5 Å². The number of anilines is 1. The molecule has 0 bridgehead atoms. The molecule has 1 aliphatic rings. The molecular formula is C14H14FN5O. The summed E-state index contributed by atoms with van der Waals surface area (Å²) in [5.74, 6) is -0.612. The number of nitrogens with two attached hydrogens (primary N) is 1. The molecule has 2 aromatic heterocycles. The molecule has 1 amide bonds. The van der Waals surface area contributed by atoms with Crippen molar-refractivity contribution in [1.29, 1.82) is 0 Å². The van der Waals surface area contributed by atoms with Crippen LogP contribution in [0.1, 0.15) is 35.3 Å². The fourth-order valence-electron chi connectivity index (χ4n) is 2.42. The second kappa shape index (κ2) is 5.08. The molecule has 6 nitrogen and oxygen atoms in total. The van der Waals surface area contributed by atoms with Crippen LogP contribution in [0.3, 0.4) is 0 Å². The smallest absolute Gasteiger partial charge is 0.251 e. The molecule has 1 fully saturated rings. The van der Waals surface area contributed by atoms with E-state index in [2.05, 4.69) is 20.3 Å². The molecule has 0 aliphatic heterocycles. The lowest BCUT2D eigenvalue weighted by Crippen LogP contribution is -2.44. The molecule has 7 heteroatoms. The van der Waals surface area contributed by atoms with Crippen LogP contribution >= 0.6 is 0 Å². The second-order valence-corrected chi connectivity index (χ2v) is 5.05. The summed E-state index contributed by atoms with van der Waals surface area (Å²) >= 11 is 0. The molecule has 0 spiro atoms. The average molecular weight is 287 g/mol. The molecule has 0 radical (unpaired) electrons. The van der Waals surface area contributed by atoms with Crippen LogP contribution in [0.2, 0.25) is 0 Å². The molecule has 0 atom stereocenters. The molecule has 1 aliphatic carbocycles. The lowest BCUT2D eigenvalue weighted by atomic mass is 9.74. The number of amides is 1. The van der Waals surface area contributed by atoms with Crippen LogP contribution in [0.5, 0.6) is 0 Å². The Morgan fingerprint density at radius 3 is 2.52 bits per heavy atom. The summed E-state index contributed by atoms with van der Waals surface area (Å²) in [5.41, 5.74) is 5.16. The van der Waals surface area contributed by atoms with Crippen molar-refractivity contribution in [2.75, 3.05) is 5.32 Å². The fraction of sp³-hybridized carbons (Fsp3) is 0.286. The van der Waals surface area contributed by atoms with Gasteiger partial charge in [-0.15, -0.1) is 0 Å². The van der Waals surface area contributed by atoms with Crippen LogP contribution in [0, 0.1) is 5.82 Å². The molecule has 3 N–H and O–H groups in total. The third kappa shape index (κ3) is 2.42. The summed E-state index contributed by atoms with van der Waals surface area (Å²) in [6.45, 7) is 0. The van der Waals surface area contributed by atoms with Gasteiger partial charge in [-0.2, -0.15) is 0 Å². The van der Waals surface area contributed by atoms with Gasteiger partial charge in [0.15, 0.2) is 0 Å². The van der Waals surface area contributed by atoms with E-state index in [0.717, 1.165) is 19.3 Å². The van der Waals surface area contributed by atoms with E-state index in [4.69, 9.17) is 5.73 Å². The number of hydrogen-bond acceptors (Lipinski definition) is 5. The van der Waals surface area contributed by atoms with Crippen molar-refractivity contribution >= 4 is 11.9 Å². The topological polar surface area (TPSA) is 93.8 Å². The van der Waals surface area contributed by atoms with Crippen molar-refractivity contribution < 1.29 is 9.18 Å². The molecule has 0 saturated heterocycles. The zero-order valence-corrected chi connectivity index (χ0v) is 11.2. The van der Waals surface area contributed by atoms with E-state index in [0.29, 0.717) is 11.6 Å². The normalized spacial score (nSPS) is 16.0. The van der Waals surface area contributed by atoms with Crippen LogP contribution in [-0.4, -0.2) is 20.9 Å². The quantitative estimate of drug-likeness (QED) is 0.890. The van der Waals surface area contributed by atoms with Gasteiger partial charge >= 0.3 is 0 Å². The number of pyridine rings is 1. The maximum Gasteiger partial charge on any atom is 0.251 e. The number of halogens is 1. The Morgan fingerprint density at radius 2 is 2.00 bits per heavy atom. The van der Waals surface area contributed by atoms with Gasteiger partial charge < -0.3 is 11.1 Å². The standard InChI is InChI=1S/C14H14FN5O/c15-10-3-1-6-17-11(10)14(4-2-5-14)20-13-18-7-9(8-19-13)12(16)21/h1,3,6-8H,2,4-5H2,(H2,16,21)(H,18,19,20). The number of nitrogens with one attached hydrogen (secondary N) is 1. The third-order valence-corrected chi connectivity index (χ3v) is 3.71. The summed E-state index contributed by atoms with van der Waals surface area (Å²) < 4.78 is 14.0. The van der Waals surface area contributed by atoms with Crippen LogP contribution < -0.4 is 11.1 Å². The number of aromatic nitrogens is 3. The molecule has 0 aromatic carbocycles. The first-order chi connectivity index (χ1) is 10.1. The molecular weight excluding hydrogens is 273 g/mol. The highest BCUT2D eigenvalue weighted by atomic mass is 19.1. The largest absolute Gasteiger partial charge is 0.366 e.